The largest absolute Gasteiger partial charge is 0.328 e. The number of rotatable bonds is 6. The van der Waals surface area contributed by atoms with E-state index in [4.69, 9.17) is 5.73 Å². The predicted molar refractivity (Wildman–Crippen MR) is 62.9 cm³/mol. The van der Waals surface area contributed by atoms with Crippen LogP contribution < -0.4 is 5.73 Å². The van der Waals surface area contributed by atoms with Gasteiger partial charge in [0.2, 0.25) is 0 Å². The molecular formula is C12H29N. The van der Waals surface area contributed by atoms with Crippen LogP contribution in [0.2, 0.25) is 0 Å². The van der Waals surface area contributed by atoms with Crippen LogP contribution in [-0.2, 0) is 0 Å². The lowest BCUT2D eigenvalue weighted by Gasteiger charge is -2.12. The van der Waals surface area contributed by atoms with Gasteiger partial charge in [-0.05, 0) is 18.8 Å². The second kappa shape index (κ2) is 12.0. The monoisotopic (exact) mass is 187 g/mol. The summed E-state index contributed by atoms with van der Waals surface area (Å²) in [6.45, 7) is 10.7. The second-order valence-electron chi connectivity index (χ2n) is 3.89. The van der Waals surface area contributed by atoms with Crippen molar-refractivity contribution in [3.63, 3.8) is 0 Å². The van der Waals surface area contributed by atoms with E-state index in [-0.39, 0.29) is 0 Å². The minimum absolute atomic E-state index is 0.446. The van der Waals surface area contributed by atoms with Crippen molar-refractivity contribution in [1.82, 2.24) is 0 Å². The zero-order chi connectivity index (χ0) is 10.7. The molecule has 1 nitrogen and oxygen atoms in total. The summed E-state index contributed by atoms with van der Waals surface area (Å²) < 4.78 is 0. The van der Waals surface area contributed by atoms with Gasteiger partial charge in [-0.2, -0.15) is 0 Å². The van der Waals surface area contributed by atoms with Crippen molar-refractivity contribution < 1.29 is 0 Å². The van der Waals surface area contributed by atoms with E-state index in [2.05, 4.69) is 20.8 Å². The molecule has 0 aliphatic rings. The first-order chi connectivity index (χ1) is 6.16. The van der Waals surface area contributed by atoms with E-state index in [1.54, 1.807) is 0 Å². The SMILES string of the molecule is CC.CCCCCC(N)CC(C)C. The van der Waals surface area contributed by atoms with E-state index < -0.39 is 0 Å². The minimum Gasteiger partial charge on any atom is -0.328 e. The number of hydrogen-bond acceptors (Lipinski definition) is 1. The molecule has 0 saturated heterocycles. The second-order valence-corrected chi connectivity index (χ2v) is 3.89. The van der Waals surface area contributed by atoms with Gasteiger partial charge in [0.15, 0.2) is 0 Å². The van der Waals surface area contributed by atoms with Crippen LogP contribution in [0.25, 0.3) is 0 Å². The molecule has 0 fully saturated rings. The molecule has 0 bridgehead atoms. The smallest absolute Gasteiger partial charge is 0.00412 e. The average molecular weight is 187 g/mol. The molecule has 82 valence electrons. The lowest BCUT2D eigenvalue weighted by Crippen LogP contribution is -2.21. The number of hydrogen-bond donors (Lipinski definition) is 1. The van der Waals surface area contributed by atoms with Crippen LogP contribution in [0.5, 0.6) is 0 Å². The Labute approximate surface area is 85.1 Å². The summed E-state index contributed by atoms with van der Waals surface area (Å²) in [5, 5.41) is 0. The third kappa shape index (κ3) is 14.8. The van der Waals surface area contributed by atoms with E-state index in [0.29, 0.717) is 6.04 Å². The van der Waals surface area contributed by atoms with Gasteiger partial charge < -0.3 is 5.73 Å². The quantitative estimate of drug-likeness (QED) is 0.626. The fourth-order valence-corrected chi connectivity index (χ4v) is 1.38. The molecule has 1 unspecified atom stereocenters. The van der Waals surface area contributed by atoms with E-state index in [1.807, 2.05) is 13.8 Å². The molecule has 1 atom stereocenters. The van der Waals surface area contributed by atoms with Crippen LogP contribution >= 0.6 is 0 Å². The predicted octanol–water partition coefficient (Wildman–Crippen LogP) is 3.97. The van der Waals surface area contributed by atoms with Gasteiger partial charge in [-0.15, -0.1) is 0 Å². The van der Waals surface area contributed by atoms with Gasteiger partial charge in [-0.1, -0.05) is 53.9 Å². The van der Waals surface area contributed by atoms with Gasteiger partial charge in [0.25, 0.3) is 0 Å². The van der Waals surface area contributed by atoms with Crippen molar-refractivity contribution in [2.75, 3.05) is 0 Å². The lowest BCUT2D eigenvalue weighted by molar-refractivity contribution is 0.456. The summed E-state index contributed by atoms with van der Waals surface area (Å²) in [6, 6.07) is 0.446. The highest BCUT2D eigenvalue weighted by molar-refractivity contribution is 4.62. The molecule has 0 aromatic carbocycles. The normalized spacial score (nSPS) is 12.2. The minimum atomic E-state index is 0.446. The molecular weight excluding hydrogens is 158 g/mol. The summed E-state index contributed by atoms with van der Waals surface area (Å²) in [7, 11) is 0. The van der Waals surface area contributed by atoms with Gasteiger partial charge in [0.1, 0.15) is 0 Å². The van der Waals surface area contributed by atoms with Crippen LogP contribution in [0.1, 0.15) is 66.7 Å². The summed E-state index contributed by atoms with van der Waals surface area (Å²) in [5.41, 5.74) is 5.92. The molecule has 0 aliphatic heterocycles. The third-order valence-electron chi connectivity index (χ3n) is 1.95. The van der Waals surface area contributed by atoms with Crippen molar-refractivity contribution in [3.05, 3.63) is 0 Å². The number of unbranched alkanes of at least 4 members (excludes halogenated alkanes) is 2. The Hall–Kier alpha value is -0.0400. The van der Waals surface area contributed by atoms with Crippen LogP contribution in [0.4, 0.5) is 0 Å². The zero-order valence-electron chi connectivity index (χ0n) is 10.3. The highest BCUT2D eigenvalue weighted by Gasteiger charge is 2.03. The van der Waals surface area contributed by atoms with Crippen molar-refractivity contribution in [2.45, 2.75) is 72.8 Å². The van der Waals surface area contributed by atoms with Crippen LogP contribution in [0, 0.1) is 5.92 Å². The molecule has 0 radical (unpaired) electrons. The van der Waals surface area contributed by atoms with E-state index >= 15 is 0 Å². The summed E-state index contributed by atoms with van der Waals surface area (Å²) in [6.07, 6.45) is 6.35. The lowest BCUT2D eigenvalue weighted by atomic mass is 9.99. The molecule has 0 saturated carbocycles. The van der Waals surface area contributed by atoms with Crippen molar-refractivity contribution in [2.24, 2.45) is 11.7 Å². The summed E-state index contributed by atoms with van der Waals surface area (Å²) >= 11 is 0. The molecule has 2 N–H and O–H groups in total. The fraction of sp³-hybridized carbons (Fsp3) is 1.00. The Bertz CT molecular complexity index is 79.2. The van der Waals surface area contributed by atoms with Gasteiger partial charge in [-0.25, -0.2) is 0 Å². The average Bonchev–Trinajstić information content (AvgIpc) is 2.07. The standard InChI is InChI=1S/C10H23N.C2H6/c1-4-5-6-7-10(11)8-9(2)3;1-2/h9-10H,4-8,11H2,1-3H3;1-2H3. The first kappa shape index (κ1) is 15.4. The molecule has 0 heterocycles. The molecule has 0 aromatic rings. The Balaban J connectivity index is 0. The molecule has 0 aromatic heterocycles. The fourth-order valence-electron chi connectivity index (χ4n) is 1.38. The Morgan fingerprint density at radius 3 is 2.00 bits per heavy atom. The van der Waals surface area contributed by atoms with Crippen molar-refractivity contribution in [1.29, 1.82) is 0 Å². The molecule has 13 heavy (non-hydrogen) atoms. The van der Waals surface area contributed by atoms with Gasteiger partial charge in [0, 0.05) is 6.04 Å². The Morgan fingerprint density at radius 2 is 1.62 bits per heavy atom. The van der Waals surface area contributed by atoms with Crippen molar-refractivity contribution >= 4 is 0 Å². The molecule has 0 aliphatic carbocycles. The maximum Gasteiger partial charge on any atom is 0.00412 e. The molecule has 0 amide bonds. The third-order valence-corrected chi connectivity index (χ3v) is 1.95. The highest BCUT2D eigenvalue weighted by atomic mass is 14.6. The maximum absolute atomic E-state index is 5.92. The highest BCUT2D eigenvalue weighted by Crippen LogP contribution is 2.09. The molecule has 0 rings (SSSR count). The van der Waals surface area contributed by atoms with Crippen molar-refractivity contribution in [3.8, 4) is 0 Å². The van der Waals surface area contributed by atoms with Crippen LogP contribution in [-0.4, -0.2) is 6.04 Å². The van der Waals surface area contributed by atoms with Gasteiger partial charge in [-0.3, -0.25) is 0 Å². The number of nitrogens with two attached hydrogens (primary N) is 1. The van der Waals surface area contributed by atoms with Crippen LogP contribution in [0.15, 0.2) is 0 Å². The van der Waals surface area contributed by atoms with E-state index in [9.17, 15) is 0 Å². The first-order valence-corrected chi connectivity index (χ1v) is 5.92. The van der Waals surface area contributed by atoms with E-state index in [0.717, 1.165) is 5.92 Å². The maximum atomic E-state index is 5.92. The Morgan fingerprint density at radius 1 is 1.08 bits per heavy atom. The van der Waals surface area contributed by atoms with E-state index in [1.165, 1.54) is 32.1 Å². The van der Waals surface area contributed by atoms with Gasteiger partial charge >= 0.3 is 0 Å². The van der Waals surface area contributed by atoms with Gasteiger partial charge in [0.05, 0.1) is 0 Å². The molecule has 0 spiro atoms. The Kier molecular flexibility index (Phi) is 14.2. The topological polar surface area (TPSA) is 26.0 Å². The molecule has 1 heteroatoms. The zero-order valence-corrected chi connectivity index (χ0v) is 10.3. The summed E-state index contributed by atoms with van der Waals surface area (Å²) in [5.74, 6) is 0.756. The summed E-state index contributed by atoms with van der Waals surface area (Å²) in [4.78, 5) is 0. The van der Waals surface area contributed by atoms with Crippen LogP contribution in [0.3, 0.4) is 0 Å². The first-order valence-electron chi connectivity index (χ1n) is 5.92.